The zero-order valence-corrected chi connectivity index (χ0v) is 12.0. The van der Waals surface area contributed by atoms with Gasteiger partial charge in [0.25, 0.3) is 0 Å². The van der Waals surface area contributed by atoms with Gasteiger partial charge in [-0.2, -0.15) is 0 Å². The molecule has 1 rings (SSSR count). The summed E-state index contributed by atoms with van der Waals surface area (Å²) in [5.74, 6) is 0. The zero-order valence-electron chi connectivity index (χ0n) is 12.0. The lowest BCUT2D eigenvalue weighted by Gasteiger charge is -2.22. The second-order valence-corrected chi connectivity index (χ2v) is 5.53. The molecule has 0 saturated heterocycles. The van der Waals surface area contributed by atoms with Crippen molar-refractivity contribution in [2.75, 3.05) is 19.8 Å². The molecule has 18 heavy (non-hydrogen) atoms. The molecular formula is C15H31NO2. The monoisotopic (exact) mass is 257 g/mol. The molecule has 0 aliphatic heterocycles. The predicted molar refractivity (Wildman–Crippen MR) is 75.8 cm³/mol. The van der Waals surface area contributed by atoms with E-state index >= 15 is 0 Å². The smallest absolute Gasteiger partial charge is 0.0897 e. The molecule has 1 aliphatic carbocycles. The quantitative estimate of drug-likeness (QED) is 0.657. The van der Waals surface area contributed by atoms with Crippen molar-refractivity contribution in [2.24, 2.45) is 0 Å². The molecule has 0 aromatic carbocycles. The molecule has 1 unspecified atom stereocenters. The summed E-state index contributed by atoms with van der Waals surface area (Å²) in [5.41, 5.74) is 0. The Kier molecular flexibility index (Phi) is 9.54. The fraction of sp³-hybridized carbons (Fsp3) is 1.00. The molecule has 2 N–H and O–H groups in total. The number of hydrogen-bond acceptors (Lipinski definition) is 3. The van der Waals surface area contributed by atoms with E-state index in [1.54, 1.807) is 0 Å². The maximum atomic E-state index is 9.82. The lowest BCUT2D eigenvalue weighted by Crippen LogP contribution is -2.37. The van der Waals surface area contributed by atoms with E-state index in [4.69, 9.17) is 4.74 Å². The van der Waals surface area contributed by atoms with E-state index in [0.717, 1.165) is 19.4 Å². The molecule has 0 aromatic rings. The highest BCUT2D eigenvalue weighted by Gasteiger charge is 2.12. The average molecular weight is 257 g/mol. The lowest BCUT2D eigenvalue weighted by atomic mass is 9.97. The first-order valence-corrected chi connectivity index (χ1v) is 7.82. The van der Waals surface area contributed by atoms with Crippen molar-refractivity contribution >= 4 is 0 Å². The molecule has 108 valence electrons. The van der Waals surface area contributed by atoms with Crippen molar-refractivity contribution in [1.82, 2.24) is 5.32 Å². The molecule has 0 heterocycles. The van der Waals surface area contributed by atoms with E-state index in [1.165, 1.54) is 44.9 Å². The molecule has 0 spiro atoms. The first-order chi connectivity index (χ1) is 8.83. The van der Waals surface area contributed by atoms with Crippen molar-refractivity contribution in [3.05, 3.63) is 0 Å². The molecule has 1 atom stereocenters. The summed E-state index contributed by atoms with van der Waals surface area (Å²) in [7, 11) is 0. The Balaban J connectivity index is 2.02. The Labute approximate surface area is 112 Å². The maximum absolute atomic E-state index is 9.82. The van der Waals surface area contributed by atoms with Crippen LogP contribution in [0.1, 0.15) is 64.7 Å². The summed E-state index contributed by atoms with van der Waals surface area (Å²) in [6.45, 7) is 4.07. The summed E-state index contributed by atoms with van der Waals surface area (Å²) in [6, 6.07) is 0.607. The molecule has 0 aromatic heterocycles. The third kappa shape index (κ3) is 8.06. The summed E-state index contributed by atoms with van der Waals surface area (Å²) >= 11 is 0. The Morgan fingerprint density at radius 2 is 1.83 bits per heavy atom. The summed E-state index contributed by atoms with van der Waals surface area (Å²) in [5, 5.41) is 13.3. The number of hydrogen-bond donors (Lipinski definition) is 2. The third-order valence-electron chi connectivity index (χ3n) is 3.70. The van der Waals surface area contributed by atoms with E-state index in [2.05, 4.69) is 12.2 Å². The highest BCUT2D eigenvalue weighted by atomic mass is 16.5. The van der Waals surface area contributed by atoms with Crippen molar-refractivity contribution in [2.45, 2.75) is 76.9 Å². The van der Waals surface area contributed by atoms with Gasteiger partial charge in [0.05, 0.1) is 12.7 Å². The average Bonchev–Trinajstić information content (AvgIpc) is 2.33. The first-order valence-electron chi connectivity index (χ1n) is 7.82. The van der Waals surface area contributed by atoms with Gasteiger partial charge in [-0.25, -0.2) is 0 Å². The molecule has 3 nitrogen and oxygen atoms in total. The van der Waals surface area contributed by atoms with Crippen LogP contribution < -0.4 is 5.32 Å². The van der Waals surface area contributed by atoms with Crippen molar-refractivity contribution in [1.29, 1.82) is 0 Å². The minimum Gasteiger partial charge on any atom is -0.389 e. The van der Waals surface area contributed by atoms with E-state index in [9.17, 15) is 5.11 Å². The Bertz CT molecular complexity index is 179. The van der Waals surface area contributed by atoms with Crippen LogP contribution in [0.5, 0.6) is 0 Å². The van der Waals surface area contributed by atoms with Gasteiger partial charge in [-0.3, -0.25) is 0 Å². The van der Waals surface area contributed by atoms with Crippen LogP contribution in [0.4, 0.5) is 0 Å². The second-order valence-electron chi connectivity index (χ2n) is 5.53. The van der Waals surface area contributed by atoms with E-state index in [1.807, 2.05) is 0 Å². The van der Waals surface area contributed by atoms with Gasteiger partial charge in [-0.05, 0) is 19.3 Å². The Morgan fingerprint density at radius 3 is 2.50 bits per heavy atom. The van der Waals surface area contributed by atoms with Gasteiger partial charge in [0.1, 0.15) is 0 Å². The van der Waals surface area contributed by atoms with Crippen LogP contribution in [0.15, 0.2) is 0 Å². The zero-order chi connectivity index (χ0) is 13.1. The summed E-state index contributed by atoms with van der Waals surface area (Å²) in [4.78, 5) is 0. The second kappa shape index (κ2) is 10.8. The van der Waals surface area contributed by atoms with Crippen LogP contribution in [-0.2, 0) is 4.74 Å². The molecule has 0 amide bonds. The van der Waals surface area contributed by atoms with Crippen LogP contribution >= 0.6 is 0 Å². The van der Waals surface area contributed by atoms with Gasteiger partial charge in [0, 0.05) is 19.2 Å². The summed E-state index contributed by atoms with van der Waals surface area (Å²) in [6.07, 6.45) is 11.2. The number of nitrogens with one attached hydrogen (secondary N) is 1. The molecule has 0 radical (unpaired) electrons. The highest BCUT2D eigenvalue weighted by molar-refractivity contribution is 4.71. The fourth-order valence-electron chi connectivity index (χ4n) is 2.49. The van der Waals surface area contributed by atoms with E-state index < -0.39 is 0 Å². The van der Waals surface area contributed by atoms with Crippen LogP contribution in [0, 0.1) is 0 Å². The van der Waals surface area contributed by atoms with Gasteiger partial charge in [0.2, 0.25) is 0 Å². The Hall–Kier alpha value is -0.120. The van der Waals surface area contributed by atoms with Crippen molar-refractivity contribution < 1.29 is 9.84 Å². The first kappa shape index (κ1) is 15.9. The number of rotatable bonds is 8. The van der Waals surface area contributed by atoms with Crippen molar-refractivity contribution in [3.63, 3.8) is 0 Å². The van der Waals surface area contributed by atoms with Crippen LogP contribution in [0.2, 0.25) is 0 Å². The predicted octanol–water partition coefficient (Wildman–Crippen LogP) is 2.87. The van der Waals surface area contributed by atoms with Crippen LogP contribution in [0.3, 0.4) is 0 Å². The van der Waals surface area contributed by atoms with Gasteiger partial charge < -0.3 is 15.2 Å². The van der Waals surface area contributed by atoms with Crippen LogP contribution in [0.25, 0.3) is 0 Å². The minimum absolute atomic E-state index is 0.354. The lowest BCUT2D eigenvalue weighted by molar-refractivity contribution is 0.0341. The number of aliphatic hydroxyl groups excluding tert-OH is 1. The highest BCUT2D eigenvalue weighted by Crippen LogP contribution is 2.16. The Morgan fingerprint density at radius 1 is 1.17 bits per heavy atom. The molecule has 1 saturated carbocycles. The molecular weight excluding hydrogens is 226 g/mol. The molecule has 1 aliphatic rings. The largest absolute Gasteiger partial charge is 0.389 e. The number of ether oxygens (including phenoxy) is 1. The van der Waals surface area contributed by atoms with Crippen molar-refractivity contribution in [3.8, 4) is 0 Å². The number of unbranched alkanes of at least 4 members (excludes halogenated alkanes) is 1. The fourth-order valence-corrected chi connectivity index (χ4v) is 2.49. The van der Waals surface area contributed by atoms with Gasteiger partial charge in [-0.1, -0.05) is 45.4 Å². The normalized spacial score (nSPS) is 20.3. The number of aliphatic hydroxyl groups is 1. The SMILES string of the molecule is CCCCOCC(O)CNC1CCCCCCC1. The van der Waals surface area contributed by atoms with Gasteiger partial charge in [-0.15, -0.1) is 0 Å². The van der Waals surface area contributed by atoms with E-state index in [0.29, 0.717) is 19.2 Å². The third-order valence-corrected chi connectivity index (χ3v) is 3.70. The van der Waals surface area contributed by atoms with Gasteiger partial charge in [0.15, 0.2) is 0 Å². The van der Waals surface area contributed by atoms with E-state index in [-0.39, 0.29) is 6.10 Å². The minimum atomic E-state index is -0.354. The molecule has 1 fully saturated rings. The topological polar surface area (TPSA) is 41.5 Å². The van der Waals surface area contributed by atoms with Gasteiger partial charge >= 0.3 is 0 Å². The standard InChI is InChI=1S/C15H31NO2/c1-2-3-11-18-13-15(17)12-16-14-9-7-5-4-6-8-10-14/h14-17H,2-13H2,1H3. The molecule has 0 bridgehead atoms. The summed E-state index contributed by atoms with van der Waals surface area (Å²) < 4.78 is 5.43. The maximum Gasteiger partial charge on any atom is 0.0897 e. The van der Waals surface area contributed by atoms with Crippen LogP contribution in [-0.4, -0.2) is 37.0 Å². The molecule has 3 heteroatoms.